The monoisotopic (exact) mass is 238 g/mol. The molecule has 3 heterocycles. The standard InChI is InChI=1S/C14H26N2O/c1-4-12(10-15-7-1)14-6-2-8-16(14)13-5-3-9-17-11-13/h12-15H,1-11H2. The number of nitrogens with one attached hydrogen (secondary N) is 1. The number of likely N-dealkylation sites (tertiary alicyclic amines) is 1. The predicted octanol–water partition coefficient (Wildman–Crippen LogP) is 1.63. The smallest absolute Gasteiger partial charge is 0.0621 e. The lowest BCUT2D eigenvalue weighted by Gasteiger charge is -2.40. The van der Waals surface area contributed by atoms with E-state index in [1.807, 2.05) is 0 Å². The van der Waals surface area contributed by atoms with E-state index in [4.69, 9.17) is 4.74 Å². The van der Waals surface area contributed by atoms with E-state index in [0.717, 1.165) is 31.2 Å². The highest BCUT2D eigenvalue weighted by atomic mass is 16.5. The predicted molar refractivity (Wildman–Crippen MR) is 69.2 cm³/mol. The molecule has 1 N–H and O–H groups in total. The number of nitrogens with zero attached hydrogens (tertiary/aromatic N) is 1. The first-order valence-electron chi connectivity index (χ1n) is 7.49. The summed E-state index contributed by atoms with van der Waals surface area (Å²) in [6.45, 7) is 5.76. The molecule has 3 aliphatic rings. The summed E-state index contributed by atoms with van der Waals surface area (Å²) in [6.07, 6.45) is 8.24. The maximum absolute atomic E-state index is 5.67. The Hall–Kier alpha value is -0.120. The molecule has 3 atom stereocenters. The molecule has 0 saturated carbocycles. The normalized spacial score (nSPS) is 40.6. The minimum absolute atomic E-state index is 0.721. The van der Waals surface area contributed by atoms with Crippen LogP contribution >= 0.6 is 0 Å². The summed E-state index contributed by atoms with van der Waals surface area (Å²) in [5.41, 5.74) is 0. The quantitative estimate of drug-likeness (QED) is 0.791. The summed E-state index contributed by atoms with van der Waals surface area (Å²) in [5, 5.41) is 3.58. The molecule has 3 heteroatoms. The molecule has 17 heavy (non-hydrogen) atoms. The fourth-order valence-corrected chi connectivity index (χ4v) is 3.97. The molecule has 0 aromatic heterocycles. The van der Waals surface area contributed by atoms with E-state index in [9.17, 15) is 0 Å². The molecule has 0 spiro atoms. The van der Waals surface area contributed by atoms with Crippen LogP contribution < -0.4 is 5.32 Å². The summed E-state index contributed by atoms with van der Waals surface area (Å²) in [5.74, 6) is 0.896. The minimum Gasteiger partial charge on any atom is -0.380 e. The average Bonchev–Trinajstić information content (AvgIpc) is 2.90. The van der Waals surface area contributed by atoms with Crippen LogP contribution in [0.5, 0.6) is 0 Å². The number of hydrogen-bond acceptors (Lipinski definition) is 3. The van der Waals surface area contributed by atoms with Gasteiger partial charge in [0.1, 0.15) is 0 Å². The molecule has 3 aliphatic heterocycles. The van der Waals surface area contributed by atoms with E-state index in [1.54, 1.807) is 0 Å². The maximum atomic E-state index is 5.67. The van der Waals surface area contributed by atoms with Crippen LogP contribution in [-0.4, -0.2) is 49.8 Å². The summed E-state index contributed by atoms with van der Waals surface area (Å²) in [6, 6.07) is 1.56. The average molecular weight is 238 g/mol. The molecule has 0 radical (unpaired) electrons. The van der Waals surface area contributed by atoms with Crippen molar-refractivity contribution in [3.05, 3.63) is 0 Å². The lowest BCUT2D eigenvalue weighted by Crippen LogP contribution is -2.49. The zero-order chi connectivity index (χ0) is 11.5. The van der Waals surface area contributed by atoms with E-state index in [1.165, 1.54) is 58.2 Å². The van der Waals surface area contributed by atoms with Gasteiger partial charge in [-0.05, 0) is 64.1 Å². The maximum Gasteiger partial charge on any atom is 0.0621 e. The first-order chi connectivity index (χ1) is 8.45. The summed E-state index contributed by atoms with van der Waals surface area (Å²) < 4.78 is 5.67. The van der Waals surface area contributed by atoms with Gasteiger partial charge in [0.15, 0.2) is 0 Å². The van der Waals surface area contributed by atoms with Gasteiger partial charge in [-0.3, -0.25) is 4.90 Å². The van der Waals surface area contributed by atoms with Crippen LogP contribution in [0.25, 0.3) is 0 Å². The Morgan fingerprint density at radius 2 is 2.06 bits per heavy atom. The van der Waals surface area contributed by atoms with Crippen molar-refractivity contribution in [3.8, 4) is 0 Å². The molecule has 0 aromatic rings. The molecule has 3 unspecified atom stereocenters. The van der Waals surface area contributed by atoms with Crippen molar-refractivity contribution in [2.45, 2.75) is 50.6 Å². The summed E-state index contributed by atoms with van der Waals surface area (Å²) in [4.78, 5) is 2.79. The van der Waals surface area contributed by atoms with Crippen molar-refractivity contribution in [1.82, 2.24) is 10.2 Å². The highest BCUT2D eigenvalue weighted by Gasteiger charge is 2.36. The van der Waals surface area contributed by atoms with Crippen molar-refractivity contribution in [3.63, 3.8) is 0 Å². The topological polar surface area (TPSA) is 24.5 Å². The second-order valence-electron chi connectivity index (χ2n) is 5.92. The third-order valence-corrected chi connectivity index (χ3v) is 4.83. The van der Waals surface area contributed by atoms with E-state index < -0.39 is 0 Å². The molecular weight excluding hydrogens is 212 g/mol. The SMILES string of the molecule is C1CNCC(C2CCCN2C2CCCOC2)C1. The van der Waals surface area contributed by atoms with Gasteiger partial charge in [-0.25, -0.2) is 0 Å². The molecule has 3 saturated heterocycles. The highest BCUT2D eigenvalue weighted by Crippen LogP contribution is 2.31. The number of ether oxygens (including phenoxy) is 1. The van der Waals surface area contributed by atoms with Crippen LogP contribution in [0.4, 0.5) is 0 Å². The molecule has 0 aliphatic carbocycles. The van der Waals surface area contributed by atoms with Crippen LogP contribution in [0.2, 0.25) is 0 Å². The van der Waals surface area contributed by atoms with Gasteiger partial charge in [0.2, 0.25) is 0 Å². The Kier molecular flexibility index (Phi) is 3.99. The molecule has 0 bridgehead atoms. The molecule has 0 aromatic carbocycles. The van der Waals surface area contributed by atoms with Gasteiger partial charge >= 0.3 is 0 Å². The van der Waals surface area contributed by atoms with Gasteiger partial charge in [0.05, 0.1) is 6.61 Å². The lowest BCUT2D eigenvalue weighted by molar-refractivity contribution is 0.00123. The van der Waals surface area contributed by atoms with Crippen molar-refractivity contribution >= 4 is 0 Å². The fraction of sp³-hybridized carbons (Fsp3) is 1.00. The van der Waals surface area contributed by atoms with Crippen molar-refractivity contribution in [1.29, 1.82) is 0 Å². The number of rotatable bonds is 2. The van der Waals surface area contributed by atoms with Crippen molar-refractivity contribution in [2.24, 2.45) is 5.92 Å². The second kappa shape index (κ2) is 5.68. The van der Waals surface area contributed by atoms with Crippen LogP contribution in [0.3, 0.4) is 0 Å². The third-order valence-electron chi connectivity index (χ3n) is 4.83. The van der Waals surface area contributed by atoms with Crippen LogP contribution in [-0.2, 0) is 4.74 Å². The van der Waals surface area contributed by atoms with E-state index in [-0.39, 0.29) is 0 Å². The zero-order valence-corrected chi connectivity index (χ0v) is 10.9. The van der Waals surface area contributed by atoms with Crippen molar-refractivity contribution in [2.75, 3.05) is 32.8 Å². The summed E-state index contributed by atoms with van der Waals surface area (Å²) >= 11 is 0. The highest BCUT2D eigenvalue weighted by molar-refractivity contribution is 4.91. The Balaban J connectivity index is 1.61. The van der Waals surface area contributed by atoms with Crippen molar-refractivity contribution < 1.29 is 4.74 Å². The van der Waals surface area contributed by atoms with E-state index >= 15 is 0 Å². The first kappa shape index (κ1) is 11.9. The number of piperidine rings is 1. The molecule has 98 valence electrons. The van der Waals surface area contributed by atoms with Gasteiger partial charge < -0.3 is 10.1 Å². The molecule has 3 rings (SSSR count). The Bertz CT molecular complexity index is 210. The second-order valence-corrected chi connectivity index (χ2v) is 5.92. The van der Waals surface area contributed by atoms with E-state index in [2.05, 4.69) is 10.2 Å². The largest absolute Gasteiger partial charge is 0.380 e. The van der Waals surface area contributed by atoms with Crippen LogP contribution in [0, 0.1) is 5.92 Å². The lowest BCUT2D eigenvalue weighted by atomic mass is 9.89. The van der Waals surface area contributed by atoms with Crippen LogP contribution in [0.15, 0.2) is 0 Å². The molecule has 0 amide bonds. The minimum atomic E-state index is 0.721. The molecule has 3 fully saturated rings. The molecular formula is C14H26N2O. The van der Waals surface area contributed by atoms with Gasteiger partial charge in [0, 0.05) is 18.7 Å². The van der Waals surface area contributed by atoms with E-state index in [0.29, 0.717) is 0 Å². The van der Waals surface area contributed by atoms with Gasteiger partial charge in [-0.2, -0.15) is 0 Å². The van der Waals surface area contributed by atoms with Gasteiger partial charge in [0.25, 0.3) is 0 Å². The fourth-order valence-electron chi connectivity index (χ4n) is 3.97. The van der Waals surface area contributed by atoms with Gasteiger partial charge in [-0.15, -0.1) is 0 Å². The first-order valence-corrected chi connectivity index (χ1v) is 7.49. The third kappa shape index (κ3) is 2.67. The molecule has 3 nitrogen and oxygen atoms in total. The Labute approximate surface area is 105 Å². The zero-order valence-electron chi connectivity index (χ0n) is 10.9. The summed E-state index contributed by atoms with van der Waals surface area (Å²) in [7, 11) is 0. The number of hydrogen-bond donors (Lipinski definition) is 1. The Morgan fingerprint density at radius 3 is 2.82 bits per heavy atom. The Morgan fingerprint density at radius 1 is 1.06 bits per heavy atom. The van der Waals surface area contributed by atoms with Gasteiger partial charge in [-0.1, -0.05) is 0 Å². The van der Waals surface area contributed by atoms with Crippen LogP contribution in [0.1, 0.15) is 38.5 Å².